The molecule has 120 valence electrons. The molecule has 23 heavy (non-hydrogen) atoms. The highest BCUT2D eigenvalue weighted by atomic mass is 16.3. The predicted octanol–water partition coefficient (Wildman–Crippen LogP) is 2.00. The molecule has 0 saturated carbocycles. The van der Waals surface area contributed by atoms with Gasteiger partial charge in [-0.05, 0) is 43.4 Å². The predicted molar refractivity (Wildman–Crippen MR) is 82.1 cm³/mol. The number of furan rings is 1. The number of carbonyl (C=O) groups excluding carboxylic acids is 1. The summed E-state index contributed by atoms with van der Waals surface area (Å²) in [5, 5.41) is 31.1. The molecular formula is C18H18O5. The second-order valence-corrected chi connectivity index (χ2v) is 6.64. The first kappa shape index (κ1) is 14.6. The first-order valence-corrected chi connectivity index (χ1v) is 7.71. The van der Waals surface area contributed by atoms with Crippen molar-refractivity contribution in [3.63, 3.8) is 0 Å². The van der Waals surface area contributed by atoms with Crippen LogP contribution in [0.25, 0.3) is 11.3 Å². The molecule has 3 N–H and O–H groups in total. The third-order valence-electron chi connectivity index (χ3n) is 5.21. The van der Waals surface area contributed by atoms with Crippen molar-refractivity contribution in [1.29, 1.82) is 0 Å². The van der Waals surface area contributed by atoms with E-state index < -0.39 is 17.8 Å². The summed E-state index contributed by atoms with van der Waals surface area (Å²) in [6.07, 6.45) is 0.251. The van der Waals surface area contributed by atoms with E-state index in [0.29, 0.717) is 46.4 Å². The molecule has 2 aliphatic carbocycles. The van der Waals surface area contributed by atoms with Gasteiger partial charge in [0.2, 0.25) is 0 Å². The summed E-state index contributed by atoms with van der Waals surface area (Å²) < 4.78 is 5.57. The van der Waals surface area contributed by atoms with Crippen LogP contribution < -0.4 is 0 Å². The summed E-state index contributed by atoms with van der Waals surface area (Å²) in [4.78, 5) is 12.8. The summed E-state index contributed by atoms with van der Waals surface area (Å²) in [5.74, 6) is 0.138. The monoisotopic (exact) mass is 314 g/mol. The molecule has 1 heterocycles. The number of aliphatic hydroxyl groups excluding tert-OH is 2. The van der Waals surface area contributed by atoms with Gasteiger partial charge < -0.3 is 19.7 Å². The molecule has 0 fully saturated rings. The molecule has 3 unspecified atom stereocenters. The number of fused-ring (bicyclic) bond motifs is 5. The molecule has 4 rings (SSSR count). The molecule has 1 aromatic carbocycles. The van der Waals surface area contributed by atoms with Crippen molar-refractivity contribution >= 4 is 5.78 Å². The van der Waals surface area contributed by atoms with E-state index >= 15 is 0 Å². The van der Waals surface area contributed by atoms with Gasteiger partial charge in [-0.25, -0.2) is 0 Å². The summed E-state index contributed by atoms with van der Waals surface area (Å²) in [5.41, 5.74) is 2.15. The molecule has 1 aromatic heterocycles. The molecule has 3 atom stereocenters. The average molecular weight is 314 g/mol. The topological polar surface area (TPSA) is 90.9 Å². The Morgan fingerprint density at radius 3 is 2.78 bits per heavy atom. The molecule has 0 aliphatic heterocycles. The molecule has 0 saturated heterocycles. The second kappa shape index (κ2) is 4.54. The smallest absolute Gasteiger partial charge is 0.197 e. The Hall–Kier alpha value is -1.95. The Bertz CT molecular complexity index is 830. The molecule has 5 heteroatoms. The number of hydrogen-bond donors (Lipinski definition) is 3. The van der Waals surface area contributed by atoms with Gasteiger partial charge in [-0.2, -0.15) is 0 Å². The van der Waals surface area contributed by atoms with Crippen molar-refractivity contribution in [1.82, 2.24) is 0 Å². The first-order chi connectivity index (χ1) is 10.8. The summed E-state index contributed by atoms with van der Waals surface area (Å²) in [7, 11) is 0. The number of hydrogen-bond acceptors (Lipinski definition) is 5. The lowest BCUT2D eigenvalue weighted by atomic mass is 9.72. The largest absolute Gasteiger partial charge is 0.464 e. The van der Waals surface area contributed by atoms with Crippen molar-refractivity contribution in [3.05, 3.63) is 46.2 Å². The normalized spacial score (nSPS) is 29.0. The lowest BCUT2D eigenvalue weighted by molar-refractivity contribution is -0.0766. The van der Waals surface area contributed by atoms with Crippen LogP contribution in [0.3, 0.4) is 0 Å². The van der Waals surface area contributed by atoms with Crippen LogP contribution in [0.15, 0.2) is 22.8 Å². The fourth-order valence-corrected chi connectivity index (χ4v) is 3.86. The molecule has 5 nitrogen and oxygen atoms in total. The first-order valence-electron chi connectivity index (χ1n) is 7.71. The van der Waals surface area contributed by atoms with Crippen LogP contribution in [0.4, 0.5) is 0 Å². The summed E-state index contributed by atoms with van der Waals surface area (Å²) in [6.45, 7) is 3.34. The summed E-state index contributed by atoms with van der Waals surface area (Å²) in [6, 6.07) is 3.47. The van der Waals surface area contributed by atoms with Crippen LogP contribution in [0.2, 0.25) is 0 Å². The van der Waals surface area contributed by atoms with E-state index in [1.165, 1.54) is 6.26 Å². The van der Waals surface area contributed by atoms with E-state index in [9.17, 15) is 20.1 Å². The fraction of sp³-hybridized carbons (Fsp3) is 0.389. The third kappa shape index (κ3) is 1.75. The number of aryl methyl sites for hydroxylation is 1. The Morgan fingerprint density at radius 1 is 1.30 bits per heavy atom. The van der Waals surface area contributed by atoms with Crippen LogP contribution in [0.5, 0.6) is 0 Å². The van der Waals surface area contributed by atoms with E-state index in [4.69, 9.17) is 4.42 Å². The average Bonchev–Trinajstić information content (AvgIpc) is 2.90. The maximum atomic E-state index is 12.8. The van der Waals surface area contributed by atoms with Crippen LogP contribution in [0, 0.1) is 6.92 Å². The van der Waals surface area contributed by atoms with Crippen molar-refractivity contribution in [3.8, 4) is 11.3 Å². The van der Waals surface area contributed by atoms with Crippen LogP contribution in [0.1, 0.15) is 52.1 Å². The minimum absolute atomic E-state index is 0.365. The number of rotatable bonds is 0. The van der Waals surface area contributed by atoms with E-state index in [1.807, 2.05) is 0 Å². The van der Waals surface area contributed by atoms with Gasteiger partial charge in [-0.1, -0.05) is 12.1 Å². The Morgan fingerprint density at radius 2 is 2.04 bits per heavy atom. The van der Waals surface area contributed by atoms with Crippen molar-refractivity contribution in [2.24, 2.45) is 0 Å². The molecule has 0 spiro atoms. The van der Waals surface area contributed by atoms with Crippen molar-refractivity contribution in [2.75, 3.05) is 0 Å². The third-order valence-corrected chi connectivity index (χ3v) is 5.21. The number of benzene rings is 1. The number of aliphatic hydroxyl groups is 3. The minimum atomic E-state index is -1.41. The zero-order chi connectivity index (χ0) is 16.5. The highest BCUT2D eigenvalue weighted by Crippen LogP contribution is 2.46. The van der Waals surface area contributed by atoms with Gasteiger partial charge in [0, 0.05) is 16.7 Å². The van der Waals surface area contributed by atoms with Crippen LogP contribution >= 0.6 is 0 Å². The van der Waals surface area contributed by atoms with Gasteiger partial charge in [-0.15, -0.1) is 0 Å². The number of ketones is 1. The zero-order valence-electron chi connectivity index (χ0n) is 13.0. The zero-order valence-corrected chi connectivity index (χ0v) is 13.0. The van der Waals surface area contributed by atoms with Crippen molar-refractivity contribution in [2.45, 2.75) is 44.5 Å². The van der Waals surface area contributed by atoms with E-state index in [-0.39, 0.29) is 5.78 Å². The number of Topliss-reactive ketones (excluding diaryl/α,β-unsaturated/α-hetero) is 1. The quantitative estimate of drug-likeness (QED) is 0.692. The van der Waals surface area contributed by atoms with Crippen LogP contribution in [-0.4, -0.2) is 27.2 Å². The minimum Gasteiger partial charge on any atom is -0.464 e. The standard InChI is InChI=1S/C18H18O5/c1-8-7-23-17-10-3-5-11-9(4-6-12(19)18(11,2)22)14(10)16(21)15(20)13(8)17/h3,5,7,12,15,19-20,22H,4,6H2,1-2H3. The second-order valence-electron chi connectivity index (χ2n) is 6.64. The van der Waals surface area contributed by atoms with Crippen LogP contribution in [-0.2, 0) is 12.0 Å². The van der Waals surface area contributed by atoms with E-state index in [1.54, 1.807) is 26.0 Å². The van der Waals surface area contributed by atoms with Gasteiger partial charge in [0.05, 0.1) is 12.4 Å². The Balaban J connectivity index is 2.03. The lowest BCUT2D eigenvalue weighted by Gasteiger charge is -2.37. The van der Waals surface area contributed by atoms with Gasteiger partial charge in [0.1, 0.15) is 17.5 Å². The van der Waals surface area contributed by atoms with E-state index in [0.717, 1.165) is 5.56 Å². The molecule has 0 amide bonds. The maximum absolute atomic E-state index is 12.8. The molecule has 2 aliphatic rings. The number of carbonyl (C=O) groups is 1. The Labute approximate surface area is 133 Å². The summed E-state index contributed by atoms with van der Waals surface area (Å²) >= 11 is 0. The molecule has 0 radical (unpaired) electrons. The lowest BCUT2D eigenvalue weighted by Crippen LogP contribution is -2.41. The maximum Gasteiger partial charge on any atom is 0.197 e. The molecular weight excluding hydrogens is 296 g/mol. The SMILES string of the molecule is Cc1coc2c1C(O)C(=O)c1c-2ccc2c1CCC(O)C2(C)O. The van der Waals surface area contributed by atoms with E-state index in [2.05, 4.69) is 0 Å². The Kier molecular flexibility index (Phi) is 2.89. The molecule has 0 bridgehead atoms. The molecule has 2 aromatic rings. The van der Waals surface area contributed by atoms with Gasteiger partial charge >= 0.3 is 0 Å². The van der Waals surface area contributed by atoms with Crippen molar-refractivity contribution < 1.29 is 24.5 Å². The fourth-order valence-electron chi connectivity index (χ4n) is 3.86. The van der Waals surface area contributed by atoms with Gasteiger partial charge in [-0.3, -0.25) is 4.79 Å². The highest BCUT2D eigenvalue weighted by Gasteiger charge is 2.43. The van der Waals surface area contributed by atoms with Gasteiger partial charge in [0.15, 0.2) is 5.78 Å². The highest BCUT2D eigenvalue weighted by molar-refractivity contribution is 6.10. The van der Waals surface area contributed by atoms with Gasteiger partial charge in [0.25, 0.3) is 0 Å².